The Labute approximate surface area is 177 Å². The number of hydrogen-bond acceptors (Lipinski definition) is 5. The molecule has 3 aliphatic rings. The molecule has 3 atom stereocenters. The van der Waals surface area contributed by atoms with Crippen LogP contribution in [0, 0.1) is 16.7 Å². The maximum absolute atomic E-state index is 12.7. The van der Waals surface area contributed by atoms with E-state index < -0.39 is 5.41 Å². The Bertz CT molecular complexity index is 950. The van der Waals surface area contributed by atoms with Gasteiger partial charge in [-0.05, 0) is 53.5 Å². The number of carbonyl (C=O) groups is 2. The lowest BCUT2D eigenvalue weighted by Crippen LogP contribution is -2.53. The molecular formula is C25H28O5. The van der Waals surface area contributed by atoms with E-state index >= 15 is 0 Å². The van der Waals surface area contributed by atoms with Crippen molar-refractivity contribution in [2.24, 2.45) is 16.7 Å². The monoisotopic (exact) mass is 408 g/mol. The number of methoxy groups -OCH3 is 1. The minimum Gasteiger partial charge on any atom is -0.497 e. The highest BCUT2D eigenvalue weighted by Gasteiger charge is 2.57. The van der Waals surface area contributed by atoms with Gasteiger partial charge in [-0.1, -0.05) is 45.1 Å². The van der Waals surface area contributed by atoms with E-state index in [0.29, 0.717) is 5.57 Å². The Hall–Kier alpha value is -2.82. The first-order valence-corrected chi connectivity index (χ1v) is 10.4. The summed E-state index contributed by atoms with van der Waals surface area (Å²) < 4.78 is 16.5. The summed E-state index contributed by atoms with van der Waals surface area (Å²) in [6.45, 7) is 6.87. The summed E-state index contributed by atoms with van der Waals surface area (Å²) in [5.74, 6) is 0.267. The fraction of sp³-hybridized carbons (Fsp3) is 0.440. The number of fused-ring (bicyclic) bond motifs is 2. The smallest absolute Gasteiger partial charge is 0.338 e. The zero-order valence-electron chi connectivity index (χ0n) is 17.9. The highest BCUT2D eigenvalue weighted by molar-refractivity contribution is 5.95. The van der Waals surface area contributed by atoms with Crippen LogP contribution in [0.25, 0.3) is 6.08 Å². The van der Waals surface area contributed by atoms with Crippen LogP contribution in [0.15, 0.2) is 53.6 Å². The van der Waals surface area contributed by atoms with Crippen LogP contribution < -0.4 is 4.74 Å². The van der Waals surface area contributed by atoms with Crippen LogP contribution in [-0.2, 0) is 19.1 Å². The molecule has 1 heterocycles. The third kappa shape index (κ3) is 3.36. The molecule has 0 bridgehead atoms. The first-order chi connectivity index (χ1) is 14.3. The predicted molar refractivity (Wildman–Crippen MR) is 114 cm³/mol. The van der Waals surface area contributed by atoms with E-state index in [1.165, 1.54) is 6.08 Å². The average molecular weight is 408 g/mol. The topological polar surface area (TPSA) is 61.8 Å². The minimum atomic E-state index is -0.457. The van der Waals surface area contributed by atoms with Gasteiger partial charge in [0.25, 0.3) is 0 Å². The maximum atomic E-state index is 12.7. The second-order valence-electron chi connectivity index (χ2n) is 9.15. The molecule has 4 rings (SSSR count). The van der Waals surface area contributed by atoms with Gasteiger partial charge in [0.05, 0.1) is 12.7 Å². The van der Waals surface area contributed by atoms with E-state index in [4.69, 9.17) is 14.2 Å². The summed E-state index contributed by atoms with van der Waals surface area (Å²) in [7, 11) is 1.62. The number of hydrogen-bond donors (Lipinski definition) is 0. The molecular weight excluding hydrogens is 380 g/mol. The van der Waals surface area contributed by atoms with Gasteiger partial charge in [-0.2, -0.15) is 0 Å². The number of cyclic esters (lactones) is 1. The minimum absolute atomic E-state index is 0.0389. The predicted octanol–water partition coefficient (Wildman–Crippen LogP) is 4.49. The normalized spacial score (nSPS) is 29.4. The van der Waals surface area contributed by atoms with Crippen molar-refractivity contribution < 1.29 is 23.8 Å². The van der Waals surface area contributed by atoms with Crippen molar-refractivity contribution in [2.45, 2.75) is 39.7 Å². The average Bonchev–Trinajstić information content (AvgIpc) is 3.11. The van der Waals surface area contributed by atoms with Crippen molar-refractivity contribution in [3.63, 3.8) is 0 Å². The molecule has 5 nitrogen and oxygen atoms in total. The van der Waals surface area contributed by atoms with Crippen LogP contribution in [-0.4, -0.2) is 31.8 Å². The Kier molecular flexibility index (Phi) is 5.08. The number of esters is 2. The Morgan fingerprint density at radius 1 is 1.20 bits per heavy atom. The summed E-state index contributed by atoms with van der Waals surface area (Å²) in [5, 5.41) is 0. The van der Waals surface area contributed by atoms with Gasteiger partial charge in [0.1, 0.15) is 18.5 Å². The summed E-state index contributed by atoms with van der Waals surface area (Å²) in [4.78, 5) is 24.8. The number of ether oxygens (including phenoxy) is 3. The highest BCUT2D eigenvalue weighted by Crippen LogP contribution is 2.59. The quantitative estimate of drug-likeness (QED) is 0.543. The Morgan fingerprint density at radius 3 is 2.63 bits per heavy atom. The molecule has 1 fully saturated rings. The second kappa shape index (κ2) is 7.46. The van der Waals surface area contributed by atoms with E-state index in [0.717, 1.165) is 29.7 Å². The third-order valence-corrected chi connectivity index (χ3v) is 6.99. The first kappa shape index (κ1) is 20.5. The van der Waals surface area contributed by atoms with Gasteiger partial charge in [0, 0.05) is 11.5 Å². The van der Waals surface area contributed by atoms with E-state index in [9.17, 15) is 9.59 Å². The van der Waals surface area contributed by atoms with Crippen molar-refractivity contribution >= 4 is 18.0 Å². The van der Waals surface area contributed by atoms with E-state index in [1.807, 2.05) is 30.3 Å². The molecule has 0 aromatic heterocycles. The van der Waals surface area contributed by atoms with Gasteiger partial charge in [0.15, 0.2) is 0 Å². The van der Waals surface area contributed by atoms with Gasteiger partial charge in [-0.25, -0.2) is 9.59 Å². The zero-order chi connectivity index (χ0) is 21.5. The number of benzene rings is 1. The van der Waals surface area contributed by atoms with Crippen molar-refractivity contribution in [3.05, 3.63) is 59.2 Å². The van der Waals surface area contributed by atoms with E-state index in [-0.39, 0.29) is 36.0 Å². The third-order valence-electron chi connectivity index (χ3n) is 6.99. The highest BCUT2D eigenvalue weighted by atomic mass is 16.5. The molecule has 0 spiro atoms. The molecule has 0 unspecified atom stereocenters. The molecule has 5 heteroatoms. The number of rotatable bonds is 4. The molecule has 1 saturated carbocycles. The lowest BCUT2D eigenvalue weighted by atomic mass is 9.51. The fourth-order valence-electron chi connectivity index (χ4n) is 5.28. The Balaban J connectivity index is 1.56. The van der Waals surface area contributed by atoms with E-state index in [1.54, 1.807) is 13.2 Å². The van der Waals surface area contributed by atoms with Crippen LogP contribution in [0.3, 0.4) is 0 Å². The second-order valence-corrected chi connectivity index (χ2v) is 9.15. The molecule has 2 aliphatic carbocycles. The summed E-state index contributed by atoms with van der Waals surface area (Å²) in [6, 6.07) is 7.46. The molecule has 158 valence electrons. The van der Waals surface area contributed by atoms with Crippen molar-refractivity contribution in [2.75, 3.05) is 13.7 Å². The molecule has 0 saturated heterocycles. The lowest BCUT2D eigenvalue weighted by molar-refractivity contribution is -0.158. The Morgan fingerprint density at radius 2 is 1.93 bits per heavy atom. The molecule has 1 aromatic carbocycles. The van der Waals surface area contributed by atoms with Crippen molar-refractivity contribution in [1.29, 1.82) is 0 Å². The van der Waals surface area contributed by atoms with Crippen LogP contribution in [0.2, 0.25) is 0 Å². The summed E-state index contributed by atoms with van der Waals surface area (Å²) in [6.07, 6.45) is 8.58. The van der Waals surface area contributed by atoms with Crippen LogP contribution in [0.4, 0.5) is 0 Å². The lowest BCUT2D eigenvalue weighted by Gasteiger charge is -2.54. The largest absolute Gasteiger partial charge is 0.497 e. The van der Waals surface area contributed by atoms with Crippen molar-refractivity contribution in [3.8, 4) is 5.75 Å². The number of allylic oxidation sites excluding steroid dienone is 1. The SMILES string of the molecule is COc1ccc(/C=C/C(=O)O[C@@H]2CCC(C)(C)[C@@H]3C=CC4=C(COC4=O)[C@@]23C)cc1. The summed E-state index contributed by atoms with van der Waals surface area (Å²) >= 11 is 0. The van der Waals surface area contributed by atoms with Gasteiger partial charge < -0.3 is 14.2 Å². The fourth-order valence-corrected chi connectivity index (χ4v) is 5.28. The van der Waals surface area contributed by atoms with Gasteiger partial charge in [-0.15, -0.1) is 0 Å². The van der Waals surface area contributed by atoms with Crippen LogP contribution in [0.1, 0.15) is 39.2 Å². The molecule has 30 heavy (non-hydrogen) atoms. The van der Waals surface area contributed by atoms with Crippen LogP contribution in [0.5, 0.6) is 5.75 Å². The first-order valence-electron chi connectivity index (χ1n) is 10.4. The van der Waals surface area contributed by atoms with Gasteiger partial charge in [-0.3, -0.25) is 0 Å². The standard InChI is InChI=1S/C25H28O5/c1-24(2)14-13-21(25(3)19-15-29-23(27)18(19)10-11-20(24)25)30-22(26)12-7-16-5-8-17(28-4)9-6-16/h5-12,20-21H,13-15H2,1-4H3/b12-7+/t20-,21+,25+/m0/s1. The molecule has 0 radical (unpaired) electrons. The van der Waals surface area contributed by atoms with E-state index in [2.05, 4.69) is 26.8 Å². The van der Waals surface area contributed by atoms with Crippen molar-refractivity contribution in [1.82, 2.24) is 0 Å². The molecule has 0 amide bonds. The molecule has 1 aromatic rings. The number of carbonyl (C=O) groups excluding carboxylic acids is 2. The zero-order valence-corrected chi connectivity index (χ0v) is 17.9. The summed E-state index contributed by atoms with van der Waals surface area (Å²) in [5.41, 5.74) is 2.06. The van der Waals surface area contributed by atoms with Gasteiger partial charge >= 0.3 is 11.9 Å². The maximum Gasteiger partial charge on any atom is 0.338 e. The molecule has 1 aliphatic heterocycles. The molecule has 0 N–H and O–H groups in total. The van der Waals surface area contributed by atoms with Gasteiger partial charge in [0.2, 0.25) is 0 Å². The van der Waals surface area contributed by atoms with Crippen LogP contribution >= 0.6 is 0 Å².